The minimum absolute atomic E-state index is 0.607. The van der Waals surface area contributed by atoms with E-state index in [1.807, 2.05) is 30.6 Å². The molecule has 0 atom stereocenters. The summed E-state index contributed by atoms with van der Waals surface area (Å²) in [7, 11) is 0. The van der Waals surface area contributed by atoms with Gasteiger partial charge in [0.1, 0.15) is 0 Å². The molecule has 4 rings (SSSR count). The van der Waals surface area contributed by atoms with E-state index in [0.29, 0.717) is 5.56 Å². The third kappa shape index (κ3) is 4.00. The minimum atomic E-state index is 0.607. The molecule has 3 aromatic rings. The van der Waals surface area contributed by atoms with Crippen molar-refractivity contribution < 1.29 is 4.79 Å². The summed E-state index contributed by atoms with van der Waals surface area (Å²) < 4.78 is 0. The van der Waals surface area contributed by atoms with Crippen LogP contribution in [0.15, 0.2) is 72.8 Å². The second-order valence-electron chi connectivity index (χ2n) is 7.38. The van der Waals surface area contributed by atoms with Gasteiger partial charge in [0, 0.05) is 44.0 Å². The van der Waals surface area contributed by atoms with Gasteiger partial charge >= 0.3 is 0 Å². The molecule has 1 radical (unpaired) electrons. The molecule has 0 spiro atoms. The highest BCUT2D eigenvalue weighted by Gasteiger charge is 2.18. The Bertz CT molecular complexity index is 941. The Labute approximate surface area is 167 Å². The van der Waals surface area contributed by atoms with Gasteiger partial charge in [0.15, 0.2) is 0 Å². The van der Waals surface area contributed by atoms with E-state index in [4.69, 9.17) is 0 Å². The van der Waals surface area contributed by atoms with Crippen LogP contribution < -0.4 is 4.90 Å². The third-order valence-corrected chi connectivity index (χ3v) is 5.57. The summed E-state index contributed by atoms with van der Waals surface area (Å²) in [5.74, 6) is 0. The molecule has 0 aliphatic carbocycles. The van der Waals surface area contributed by atoms with Crippen LogP contribution in [0.25, 0.3) is 11.1 Å². The molecule has 0 unspecified atom stereocenters. The average Bonchev–Trinajstić information content (AvgIpc) is 2.75. The molecule has 28 heavy (non-hydrogen) atoms. The Morgan fingerprint density at radius 1 is 0.786 bits per heavy atom. The number of aryl methyl sites for hydroxylation is 1. The van der Waals surface area contributed by atoms with Crippen LogP contribution in [-0.4, -0.2) is 37.4 Å². The Hall–Kier alpha value is -2.91. The smallest absolute Gasteiger partial charge is 0.233 e. The second kappa shape index (κ2) is 8.41. The summed E-state index contributed by atoms with van der Waals surface area (Å²) >= 11 is 0. The summed E-state index contributed by atoms with van der Waals surface area (Å²) in [5.41, 5.74) is 7.15. The van der Waals surface area contributed by atoms with Gasteiger partial charge in [-0.05, 0) is 53.4 Å². The largest absolute Gasteiger partial charge is 0.369 e. The van der Waals surface area contributed by atoms with Crippen LogP contribution in [0, 0.1) is 6.92 Å². The van der Waals surface area contributed by atoms with Gasteiger partial charge in [0.25, 0.3) is 0 Å². The first-order valence-electron chi connectivity index (χ1n) is 9.84. The van der Waals surface area contributed by atoms with Crippen molar-refractivity contribution in [2.45, 2.75) is 13.5 Å². The molecule has 3 aromatic carbocycles. The van der Waals surface area contributed by atoms with E-state index >= 15 is 0 Å². The van der Waals surface area contributed by atoms with Crippen LogP contribution in [0.1, 0.15) is 16.7 Å². The van der Waals surface area contributed by atoms with Gasteiger partial charge in [-0.3, -0.25) is 9.69 Å². The Morgan fingerprint density at radius 3 is 2.11 bits per heavy atom. The fraction of sp³-hybridized carbons (Fsp3) is 0.240. The molecule has 0 bridgehead atoms. The van der Waals surface area contributed by atoms with E-state index in [9.17, 15) is 4.79 Å². The first-order chi connectivity index (χ1) is 13.7. The van der Waals surface area contributed by atoms with E-state index < -0.39 is 0 Å². The van der Waals surface area contributed by atoms with E-state index in [1.54, 1.807) is 0 Å². The van der Waals surface area contributed by atoms with Gasteiger partial charge in [-0.1, -0.05) is 48.5 Å². The zero-order valence-corrected chi connectivity index (χ0v) is 16.3. The van der Waals surface area contributed by atoms with Crippen molar-refractivity contribution in [1.82, 2.24) is 4.90 Å². The SMILES string of the molecule is Cc1ccccc1-c1ccccc1CN1CCN(c2ccc([C]=O)cc2)CC1. The van der Waals surface area contributed by atoms with E-state index in [2.05, 4.69) is 65.3 Å². The Kier molecular flexibility index (Phi) is 5.54. The number of hydrogen-bond donors (Lipinski definition) is 0. The highest BCUT2D eigenvalue weighted by atomic mass is 16.1. The topological polar surface area (TPSA) is 23.6 Å². The zero-order valence-electron chi connectivity index (χ0n) is 16.3. The molecule has 1 heterocycles. The van der Waals surface area contributed by atoms with Crippen molar-refractivity contribution >= 4 is 12.0 Å². The number of carbonyl (C=O) groups excluding carboxylic acids is 1. The molecule has 1 aliphatic rings. The van der Waals surface area contributed by atoms with Crippen molar-refractivity contribution in [2.24, 2.45) is 0 Å². The van der Waals surface area contributed by atoms with Crippen molar-refractivity contribution in [1.29, 1.82) is 0 Å². The van der Waals surface area contributed by atoms with E-state index in [-0.39, 0.29) is 0 Å². The number of hydrogen-bond acceptors (Lipinski definition) is 3. The van der Waals surface area contributed by atoms with Crippen molar-refractivity contribution in [2.75, 3.05) is 31.1 Å². The lowest BCUT2D eigenvalue weighted by atomic mass is 9.95. The fourth-order valence-electron chi connectivity index (χ4n) is 3.94. The van der Waals surface area contributed by atoms with Crippen LogP contribution in [0.3, 0.4) is 0 Å². The van der Waals surface area contributed by atoms with Crippen LogP contribution >= 0.6 is 0 Å². The molecule has 0 aromatic heterocycles. The first-order valence-corrected chi connectivity index (χ1v) is 9.84. The molecule has 1 fully saturated rings. The second-order valence-corrected chi connectivity index (χ2v) is 7.38. The van der Waals surface area contributed by atoms with Crippen molar-refractivity contribution in [3.63, 3.8) is 0 Å². The Balaban J connectivity index is 1.44. The van der Waals surface area contributed by atoms with Gasteiger partial charge in [-0.25, -0.2) is 0 Å². The molecule has 3 heteroatoms. The lowest BCUT2D eigenvalue weighted by molar-refractivity contribution is 0.250. The minimum Gasteiger partial charge on any atom is -0.369 e. The van der Waals surface area contributed by atoms with Crippen molar-refractivity contribution in [3.8, 4) is 11.1 Å². The normalized spacial score (nSPS) is 14.8. The number of nitrogens with zero attached hydrogens (tertiary/aromatic N) is 2. The molecular formula is C25H25N2O. The zero-order chi connectivity index (χ0) is 19.3. The summed E-state index contributed by atoms with van der Waals surface area (Å²) in [5, 5.41) is 0. The van der Waals surface area contributed by atoms with Crippen molar-refractivity contribution in [3.05, 3.63) is 89.5 Å². The highest BCUT2D eigenvalue weighted by molar-refractivity contribution is 5.76. The molecule has 0 saturated carbocycles. The van der Waals surface area contributed by atoms with E-state index in [1.165, 1.54) is 27.9 Å². The van der Waals surface area contributed by atoms with Crippen LogP contribution in [-0.2, 0) is 11.3 Å². The number of benzene rings is 3. The maximum atomic E-state index is 10.7. The predicted octanol–water partition coefficient (Wildman–Crippen LogP) is 4.44. The highest BCUT2D eigenvalue weighted by Crippen LogP contribution is 2.28. The summed E-state index contributed by atoms with van der Waals surface area (Å²) in [6, 6.07) is 25.1. The molecule has 3 nitrogen and oxygen atoms in total. The number of piperazine rings is 1. The summed E-state index contributed by atoms with van der Waals surface area (Å²) in [6.45, 7) is 7.20. The monoisotopic (exact) mass is 369 g/mol. The third-order valence-electron chi connectivity index (χ3n) is 5.57. The standard InChI is InChI=1S/C25H25N2O/c1-20-6-2-4-8-24(20)25-9-5-3-7-22(25)18-26-14-16-27(17-15-26)23-12-10-21(19-28)11-13-23/h2-13H,14-18H2,1H3. The average molecular weight is 369 g/mol. The van der Waals surface area contributed by atoms with Gasteiger partial charge < -0.3 is 4.90 Å². The molecule has 0 amide bonds. The molecular weight excluding hydrogens is 344 g/mol. The van der Waals surface area contributed by atoms with Gasteiger partial charge in [0.05, 0.1) is 0 Å². The maximum absolute atomic E-state index is 10.7. The van der Waals surface area contributed by atoms with Gasteiger partial charge in [-0.2, -0.15) is 0 Å². The predicted molar refractivity (Wildman–Crippen MR) is 115 cm³/mol. The quantitative estimate of drug-likeness (QED) is 0.664. The van der Waals surface area contributed by atoms with Crippen LogP contribution in [0.4, 0.5) is 5.69 Å². The summed E-state index contributed by atoms with van der Waals surface area (Å²) in [4.78, 5) is 15.6. The molecule has 1 saturated heterocycles. The van der Waals surface area contributed by atoms with Crippen LogP contribution in [0.5, 0.6) is 0 Å². The Morgan fingerprint density at radius 2 is 1.43 bits per heavy atom. The van der Waals surface area contributed by atoms with Gasteiger partial charge in [0.2, 0.25) is 6.29 Å². The molecule has 141 valence electrons. The number of anilines is 1. The lowest BCUT2D eigenvalue weighted by Gasteiger charge is -2.36. The first kappa shape index (κ1) is 18.5. The van der Waals surface area contributed by atoms with Gasteiger partial charge in [-0.15, -0.1) is 0 Å². The lowest BCUT2D eigenvalue weighted by Crippen LogP contribution is -2.46. The van der Waals surface area contributed by atoms with E-state index in [0.717, 1.165) is 32.7 Å². The molecule has 0 N–H and O–H groups in total. The van der Waals surface area contributed by atoms with Crippen LogP contribution in [0.2, 0.25) is 0 Å². The fourth-order valence-corrected chi connectivity index (χ4v) is 3.94. The summed E-state index contributed by atoms with van der Waals surface area (Å²) in [6.07, 6.45) is 1.94. The molecule has 1 aliphatic heterocycles. The number of rotatable bonds is 5. The maximum Gasteiger partial charge on any atom is 0.233 e.